The predicted octanol–water partition coefficient (Wildman–Crippen LogP) is 3.87. The van der Waals surface area contributed by atoms with Crippen molar-refractivity contribution in [3.63, 3.8) is 0 Å². The molecule has 0 heterocycles. The maximum Gasteiger partial charge on any atom is 0.162 e. The number of Topliss-reactive ketones (excluding diaryl/α,β-unsaturated/α-hetero) is 1. The molecule has 3 heteroatoms. The number of carbonyl (C=O) groups excluding carboxylic acids is 1. The maximum atomic E-state index is 12.1. The first-order valence-electron chi connectivity index (χ1n) is 8.66. The molecule has 0 saturated heterocycles. The number of aliphatic hydroxyl groups excluding tert-OH is 1. The van der Waals surface area contributed by atoms with E-state index < -0.39 is 0 Å². The summed E-state index contributed by atoms with van der Waals surface area (Å²) < 4.78 is 0. The Morgan fingerprint density at radius 3 is 2.23 bits per heavy atom. The van der Waals surface area contributed by atoms with E-state index in [1.165, 1.54) is 32.1 Å². The second kappa shape index (κ2) is 11.4. The number of aliphatic hydroxyl groups is 1. The van der Waals surface area contributed by atoms with Crippen molar-refractivity contribution < 1.29 is 9.90 Å². The molecule has 1 aromatic carbocycles. The van der Waals surface area contributed by atoms with Crippen LogP contribution >= 0.6 is 0 Å². The van der Waals surface area contributed by atoms with Crippen LogP contribution in [0.3, 0.4) is 0 Å². The van der Waals surface area contributed by atoms with Gasteiger partial charge in [-0.05, 0) is 18.4 Å². The summed E-state index contributed by atoms with van der Waals surface area (Å²) in [5.74, 6) is 0.228. The van der Waals surface area contributed by atoms with Gasteiger partial charge in [0.2, 0.25) is 0 Å². The molecule has 0 aliphatic heterocycles. The summed E-state index contributed by atoms with van der Waals surface area (Å²) in [6.07, 6.45) is 9.88. The lowest BCUT2D eigenvalue weighted by molar-refractivity contribution is 0.0979. The van der Waals surface area contributed by atoms with Crippen LogP contribution < -0.4 is 5.73 Å². The molecule has 0 radical (unpaired) electrons. The molecule has 3 nitrogen and oxygen atoms in total. The van der Waals surface area contributed by atoms with E-state index in [0.717, 1.165) is 24.0 Å². The molecule has 22 heavy (non-hydrogen) atoms. The van der Waals surface area contributed by atoms with Crippen molar-refractivity contribution in [1.29, 1.82) is 0 Å². The van der Waals surface area contributed by atoms with E-state index >= 15 is 0 Å². The first kappa shape index (κ1) is 18.9. The van der Waals surface area contributed by atoms with Gasteiger partial charge in [0.05, 0.1) is 6.61 Å². The summed E-state index contributed by atoms with van der Waals surface area (Å²) in [5.41, 5.74) is 7.56. The SMILES string of the molecule is CCCCCCCCCC(=O)c1ccc(C[C@H](N)CO)cc1. The Kier molecular flexibility index (Phi) is 9.76. The molecule has 0 bridgehead atoms. The minimum absolute atomic E-state index is 0.0149. The van der Waals surface area contributed by atoms with Crippen LogP contribution in [0, 0.1) is 0 Å². The highest BCUT2D eigenvalue weighted by Crippen LogP contribution is 2.13. The van der Waals surface area contributed by atoms with Crippen LogP contribution in [-0.2, 0) is 6.42 Å². The van der Waals surface area contributed by atoms with Crippen LogP contribution in [0.4, 0.5) is 0 Å². The van der Waals surface area contributed by atoms with Crippen molar-refractivity contribution in [3.05, 3.63) is 35.4 Å². The van der Waals surface area contributed by atoms with Gasteiger partial charge in [-0.3, -0.25) is 4.79 Å². The predicted molar refractivity (Wildman–Crippen MR) is 92.1 cm³/mol. The Balaban J connectivity index is 2.25. The Morgan fingerprint density at radius 1 is 1.05 bits per heavy atom. The zero-order valence-electron chi connectivity index (χ0n) is 13.9. The van der Waals surface area contributed by atoms with Crippen LogP contribution in [0.1, 0.15) is 74.2 Å². The second-order valence-corrected chi connectivity index (χ2v) is 6.14. The fourth-order valence-corrected chi connectivity index (χ4v) is 2.58. The molecule has 0 aliphatic carbocycles. The molecule has 0 spiro atoms. The van der Waals surface area contributed by atoms with Crippen LogP contribution in [-0.4, -0.2) is 23.5 Å². The second-order valence-electron chi connectivity index (χ2n) is 6.14. The summed E-state index contributed by atoms with van der Waals surface area (Å²) >= 11 is 0. The number of ketones is 1. The number of unbranched alkanes of at least 4 members (excludes halogenated alkanes) is 6. The van der Waals surface area contributed by atoms with E-state index in [9.17, 15) is 4.79 Å². The van der Waals surface area contributed by atoms with Crippen molar-refractivity contribution in [2.45, 2.75) is 70.8 Å². The van der Waals surface area contributed by atoms with E-state index in [4.69, 9.17) is 10.8 Å². The molecular formula is C19H31NO2. The van der Waals surface area contributed by atoms with Crippen molar-refractivity contribution in [1.82, 2.24) is 0 Å². The van der Waals surface area contributed by atoms with Gasteiger partial charge in [0.1, 0.15) is 0 Å². The number of nitrogens with two attached hydrogens (primary N) is 1. The number of carbonyl (C=O) groups is 1. The van der Waals surface area contributed by atoms with Gasteiger partial charge < -0.3 is 10.8 Å². The van der Waals surface area contributed by atoms with Gasteiger partial charge in [0.25, 0.3) is 0 Å². The van der Waals surface area contributed by atoms with Gasteiger partial charge in [-0.15, -0.1) is 0 Å². The third-order valence-corrected chi connectivity index (χ3v) is 4.02. The molecule has 0 unspecified atom stereocenters. The molecule has 0 aliphatic rings. The number of benzene rings is 1. The Bertz CT molecular complexity index is 414. The average molecular weight is 305 g/mol. The molecule has 1 aromatic rings. The molecule has 3 N–H and O–H groups in total. The highest BCUT2D eigenvalue weighted by molar-refractivity contribution is 5.96. The largest absolute Gasteiger partial charge is 0.395 e. The molecule has 0 amide bonds. The van der Waals surface area contributed by atoms with Gasteiger partial charge in [-0.2, -0.15) is 0 Å². The van der Waals surface area contributed by atoms with Crippen molar-refractivity contribution in [2.24, 2.45) is 5.73 Å². The zero-order chi connectivity index (χ0) is 16.2. The van der Waals surface area contributed by atoms with Crippen molar-refractivity contribution in [2.75, 3.05) is 6.61 Å². The molecule has 1 rings (SSSR count). The van der Waals surface area contributed by atoms with Gasteiger partial charge in [-0.1, -0.05) is 69.7 Å². The third-order valence-electron chi connectivity index (χ3n) is 4.02. The molecule has 0 saturated carbocycles. The fraction of sp³-hybridized carbons (Fsp3) is 0.632. The number of hydrogen-bond donors (Lipinski definition) is 2. The Labute approximate surface area is 134 Å². The molecular weight excluding hydrogens is 274 g/mol. The first-order chi connectivity index (χ1) is 10.7. The van der Waals surface area contributed by atoms with Gasteiger partial charge in [-0.25, -0.2) is 0 Å². The van der Waals surface area contributed by atoms with Gasteiger partial charge in [0, 0.05) is 18.0 Å². The lowest BCUT2D eigenvalue weighted by Crippen LogP contribution is -2.26. The van der Waals surface area contributed by atoms with Crippen LogP contribution in [0.15, 0.2) is 24.3 Å². The fourth-order valence-electron chi connectivity index (χ4n) is 2.58. The van der Waals surface area contributed by atoms with Crippen molar-refractivity contribution >= 4 is 5.78 Å². The summed E-state index contributed by atoms with van der Waals surface area (Å²) in [7, 11) is 0. The lowest BCUT2D eigenvalue weighted by atomic mass is 10.0. The normalized spacial score (nSPS) is 12.3. The van der Waals surface area contributed by atoms with E-state index in [1.807, 2.05) is 24.3 Å². The van der Waals surface area contributed by atoms with Crippen LogP contribution in [0.25, 0.3) is 0 Å². The smallest absolute Gasteiger partial charge is 0.162 e. The third kappa shape index (κ3) is 7.71. The number of hydrogen-bond acceptors (Lipinski definition) is 3. The number of rotatable bonds is 12. The summed E-state index contributed by atoms with van der Waals surface area (Å²) in [5, 5.41) is 8.95. The Morgan fingerprint density at radius 2 is 1.64 bits per heavy atom. The topological polar surface area (TPSA) is 63.3 Å². The van der Waals surface area contributed by atoms with Crippen molar-refractivity contribution in [3.8, 4) is 0 Å². The average Bonchev–Trinajstić information content (AvgIpc) is 2.54. The summed E-state index contributed by atoms with van der Waals surface area (Å²) in [4.78, 5) is 12.1. The van der Waals surface area contributed by atoms with E-state index in [2.05, 4.69) is 6.92 Å². The quantitative estimate of drug-likeness (QED) is 0.455. The van der Waals surface area contributed by atoms with Crippen LogP contribution in [0.5, 0.6) is 0 Å². The minimum Gasteiger partial charge on any atom is -0.395 e. The van der Waals surface area contributed by atoms with E-state index in [-0.39, 0.29) is 18.4 Å². The molecule has 124 valence electrons. The molecule has 1 atom stereocenters. The van der Waals surface area contributed by atoms with Gasteiger partial charge >= 0.3 is 0 Å². The minimum atomic E-state index is -0.228. The first-order valence-corrected chi connectivity index (χ1v) is 8.66. The van der Waals surface area contributed by atoms with Gasteiger partial charge in [0.15, 0.2) is 5.78 Å². The van der Waals surface area contributed by atoms with E-state index in [0.29, 0.717) is 12.8 Å². The maximum absolute atomic E-state index is 12.1. The Hall–Kier alpha value is -1.19. The van der Waals surface area contributed by atoms with Crippen LogP contribution in [0.2, 0.25) is 0 Å². The highest BCUT2D eigenvalue weighted by atomic mass is 16.3. The lowest BCUT2D eigenvalue weighted by Gasteiger charge is -2.08. The molecule has 0 aromatic heterocycles. The zero-order valence-corrected chi connectivity index (χ0v) is 13.9. The van der Waals surface area contributed by atoms with E-state index in [1.54, 1.807) is 0 Å². The standard InChI is InChI=1S/C19H31NO2/c1-2-3-4-5-6-7-8-9-19(22)17-12-10-16(11-13-17)14-18(20)15-21/h10-13,18,21H,2-9,14-15,20H2,1H3/t18-/m0/s1. The summed E-state index contributed by atoms with van der Waals surface area (Å²) in [6.45, 7) is 2.21. The highest BCUT2D eigenvalue weighted by Gasteiger charge is 2.07. The monoisotopic (exact) mass is 305 g/mol. The molecule has 0 fully saturated rings. The summed E-state index contributed by atoms with van der Waals surface area (Å²) in [6, 6.07) is 7.40.